The summed E-state index contributed by atoms with van der Waals surface area (Å²) in [5.41, 5.74) is 4.69. The van der Waals surface area contributed by atoms with Crippen molar-refractivity contribution < 1.29 is 9.47 Å². The van der Waals surface area contributed by atoms with Gasteiger partial charge in [-0.25, -0.2) is 0 Å². The molecule has 2 heteroatoms. The molecule has 2 nitrogen and oxygen atoms in total. The molecule has 0 spiro atoms. The summed E-state index contributed by atoms with van der Waals surface area (Å²) in [5.74, 6) is 1.79. The molecule has 120 valence electrons. The minimum atomic E-state index is 0.895. The van der Waals surface area contributed by atoms with Crippen LogP contribution >= 0.6 is 0 Å². The predicted molar refractivity (Wildman–Crippen MR) is 95.1 cm³/mol. The van der Waals surface area contributed by atoms with Gasteiger partial charge in [-0.2, -0.15) is 0 Å². The van der Waals surface area contributed by atoms with Gasteiger partial charge in [-0.1, -0.05) is 52.0 Å². The Balaban J connectivity index is 0.00000116. The fraction of sp³-hybridized carbons (Fsp3) is 0.400. The van der Waals surface area contributed by atoms with Crippen molar-refractivity contribution in [2.24, 2.45) is 0 Å². The Bertz CT molecular complexity index is 535. The lowest BCUT2D eigenvalue weighted by atomic mass is 9.99. The van der Waals surface area contributed by atoms with Gasteiger partial charge >= 0.3 is 0 Å². The van der Waals surface area contributed by atoms with Crippen molar-refractivity contribution in [3.05, 3.63) is 47.5 Å². The maximum absolute atomic E-state index is 5.54. The summed E-state index contributed by atoms with van der Waals surface area (Å²) in [6, 6.07) is 12.7. The zero-order valence-electron chi connectivity index (χ0n) is 14.7. The smallest absolute Gasteiger partial charge is 0.127 e. The average molecular weight is 300 g/mol. The van der Waals surface area contributed by atoms with Crippen molar-refractivity contribution in [1.82, 2.24) is 0 Å². The fourth-order valence-corrected chi connectivity index (χ4v) is 2.36. The number of ether oxygens (including phenoxy) is 2. The Morgan fingerprint density at radius 2 is 1.05 bits per heavy atom. The highest BCUT2D eigenvalue weighted by Crippen LogP contribution is 2.37. The molecule has 2 aromatic rings. The Kier molecular flexibility index (Phi) is 7.51. The predicted octanol–water partition coefficient (Wildman–Crippen LogP) is 5.52. The second kappa shape index (κ2) is 9.14. The van der Waals surface area contributed by atoms with Gasteiger partial charge in [0.25, 0.3) is 0 Å². The third kappa shape index (κ3) is 4.03. The molecule has 0 heterocycles. The van der Waals surface area contributed by atoms with Crippen molar-refractivity contribution in [1.29, 1.82) is 0 Å². The largest absolute Gasteiger partial charge is 0.496 e. The van der Waals surface area contributed by atoms with E-state index in [1.165, 1.54) is 11.1 Å². The fourth-order valence-electron chi connectivity index (χ4n) is 2.36. The van der Waals surface area contributed by atoms with E-state index >= 15 is 0 Å². The van der Waals surface area contributed by atoms with Gasteiger partial charge in [-0.05, 0) is 36.1 Å². The van der Waals surface area contributed by atoms with E-state index in [2.05, 4.69) is 50.2 Å². The van der Waals surface area contributed by atoms with Gasteiger partial charge in [-0.15, -0.1) is 0 Å². The Morgan fingerprint density at radius 1 is 0.682 bits per heavy atom. The van der Waals surface area contributed by atoms with Gasteiger partial charge in [0, 0.05) is 11.1 Å². The molecule has 0 fully saturated rings. The molecule has 22 heavy (non-hydrogen) atoms. The van der Waals surface area contributed by atoms with Gasteiger partial charge in [0.15, 0.2) is 0 Å². The normalized spacial score (nSPS) is 9.73. The zero-order chi connectivity index (χ0) is 16.5. The first-order chi connectivity index (χ1) is 10.7. The molecule has 0 radical (unpaired) electrons. The van der Waals surface area contributed by atoms with Gasteiger partial charge < -0.3 is 9.47 Å². The molecule has 0 aromatic heterocycles. The van der Waals surface area contributed by atoms with Crippen molar-refractivity contribution in [2.75, 3.05) is 14.2 Å². The Labute approximate surface area is 135 Å². The molecular formula is C20H28O2. The Hall–Kier alpha value is -1.96. The molecule has 0 amide bonds. The van der Waals surface area contributed by atoms with E-state index in [1.807, 2.05) is 13.8 Å². The summed E-state index contributed by atoms with van der Waals surface area (Å²) >= 11 is 0. The standard InChI is InChI=1S/C18H22O2.C2H6/c1-5-13-7-9-15(17(11-13)19-3)16-10-8-14(6-2)12-18(16)20-4;1-2/h7-12H,5-6H2,1-4H3;1-2H3. The maximum Gasteiger partial charge on any atom is 0.127 e. The van der Waals surface area contributed by atoms with Gasteiger partial charge in [0.05, 0.1) is 14.2 Å². The van der Waals surface area contributed by atoms with Crippen LogP contribution < -0.4 is 9.47 Å². The van der Waals surface area contributed by atoms with Crippen LogP contribution in [0, 0.1) is 0 Å². The summed E-state index contributed by atoms with van der Waals surface area (Å²) in [6.45, 7) is 8.29. The van der Waals surface area contributed by atoms with Crippen LogP contribution in [0.25, 0.3) is 11.1 Å². The van der Waals surface area contributed by atoms with E-state index in [0.717, 1.165) is 35.5 Å². The second-order valence-electron chi connectivity index (χ2n) is 4.78. The molecule has 0 atom stereocenters. The summed E-state index contributed by atoms with van der Waals surface area (Å²) < 4.78 is 11.1. The summed E-state index contributed by atoms with van der Waals surface area (Å²) in [4.78, 5) is 0. The molecule has 2 rings (SSSR count). The minimum absolute atomic E-state index is 0.895. The first-order valence-corrected chi connectivity index (χ1v) is 8.07. The van der Waals surface area contributed by atoms with Crippen LogP contribution in [0.5, 0.6) is 11.5 Å². The van der Waals surface area contributed by atoms with E-state index in [9.17, 15) is 0 Å². The lowest BCUT2D eigenvalue weighted by molar-refractivity contribution is 0.410. The second-order valence-corrected chi connectivity index (χ2v) is 4.78. The topological polar surface area (TPSA) is 18.5 Å². The lowest BCUT2D eigenvalue weighted by Gasteiger charge is -2.14. The van der Waals surface area contributed by atoms with E-state index in [0.29, 0.717) is 0 Å². The number of methoxy groups -OCH3 is 2. The number of benzene rings is 2. The van der Waals surface area contributed by atoms with Crippen molar-refractivity contribution in [3.63, 3.8) is 0 Å². The molecule has 0 aliphatic rings. The van der Waals surface area contributed by atoms with Crippen LogP contribution in [0.4, 0.5) is 0 Å². The summed E-state index contributed by atoms with van der Waals surface area (Å²) in [7, 11) is 3.43. The molecule has 2 aromatic carbocycles. The average Bonchev–Trinajstić information content (AvgIpc) is 2.62. The van der Waals surface area contributed by atoms with Crippen LogP contribution in [-0.4, -0.2) is 14.2 Å². The number of hydrogen-bond acceptors (Lipinski definition) is 2. The summed E-state index contributed by atoms with van der Waals surface area (Å²) in [5, 5.41) is 0. The van der Waals surface area contributed by atoms with Crippen LogP contribution in [0.1, 0.15) is 38.8 Å². The van der Waals surface area contributed by atoms with Crippen molar-refractivity contribution in [3.8, 4) is 22.6 Å². The summed E-state index contributed by atoms with van der Waals surface area (Å²) in [6.07, 6.45) is 2.01. The van der Waals surface area contributed by atoms with Crippen LogP contribution in [0.15, 0.2) is 36.4 Å². The maximum atomic E-state index is 5.54. The van der Waals surface area contributed by atoms with Crippen molar-refractivity contribution in [2.45, 2.75) is 40.5 Å². The van der Waals surface area contributed by atoms with Gasteiger partial charge in [0.1, 0.15) is 11.5 Å². The van der Waals surface area contributed by atoms with Crippen LogP contribution in [0.3, 0.4) is 0 Å². The first kappa shape index (κ1) is 18.1. The molecule has 0 saturated carbocycles. The quantitative estimate of drug-likeness (QED) is 0.723. The zero-order valence-corrected chi connectivity index (χ0v) is 14.7. The monoisotopic (exact) mass is 300 g/mol. The van der Waals surface area contributed by atoms with Crippen LogP contribution in [-0.2, 0) is 12.8 Å². The lowest BCUT2D eigenvalue weighted by Crippen LogP contribution is -1.94. The van der Waals surface area contributed by atoms with Gasteiger partial charge in [0.2, 0.25) is 0 Å². The van der Waals surface area contributed by atoms with Gasteiger partial charge in [-0.3, -0.25) is 0 Å². The third-order valence-corrected chi connectivity index (χ3v) is 3.64. The molecule has 0 bridgehead atoms. The highest BCUT2D eigenvalue weighted by Gasteiger charge is 2.12. The molecule has 0 N–H and O–H groups in total. The minimum Gasteiger partial charge on any atom is -0.496 e. The van der Waals surface area contributed by atoms with Crippen LogP contribution in [0.2, 0.25) is 0 Å². The molecule has 0 unspecified atom stereocenters. The highest BCUT2D eigenvalue weighted by atomic mass is 16.5. The molecule has 0 aliphatic heterocycles. The van der Waals surface area contributed by atoms with Crippen molar-refractivity contribution >= 4 is 0 Å². The SMILES string of the molecule is CC.CCc1ccc(-c2ccc(CC)cc2OC)c(OC)c1. The van der Waals surface area contributed by atoms with E-state index < -0.39 is 0 Å². The molecule has 0 aliphatic carbocycles. The van der Waals surface area contributed by atoms with E-state index in [-0.39, 0.29) is 0 Å². The number of aryl methyl sites for hydroxylation is 2. The third-order valence-electron chi connectivity index (χ3n) is 3.64. The first-order valence-electron chi connectivity index (χ1n) is 8.07. The highest BCUT2D eigenvalue weighted by molar-refractivity contribution is 5.76. The van der Waals surface area contributed by atoms with E-state index in [4.69, 9.17) is 9.47 Å². The van der Waals surface area contributed by atoms with E-state index in [1.54, 1.807) is 14.2 Å². The molecular weight excluding hydrogens is 272 g/mol. The Morgan fingerprint density at radius 3 is 1.32 bits per heavy atom. The number of hydrogen-bond donors (Lipinski definition) is 0. The molecule has 0 saturated heterocycles. The number of rotatable bonds is 5.